The van der Waals surface area contributed by atoms with Crippen LogP contribution in [0.1, 0.15) is 25.0 Å². The van der Waals surface area contributed by atoms with Crippen LogP contribution in [0.2, 0.25) is 0 Å². The minimum atomic E-state index is -1.13. The van der Waals surface area contributed by atoms with Crippen molar-refractivity contribution in [3.05, 3.63) is 46.1 Å². The van der Waals surface area contributed by atoms with Crippen LogP contribution in [0, 0.1) is 0 Å². The molecule has 158 valence electrons. The van der Waals surface area contributed by atoms with E-state index in [2.05, 4.69) is 0 Å². The molecule has 9 heteroatoms. The van der Waals surface area contributed by atoms with Crippen LogP contribution < -0.4 is 5.43 Å². The molecule has 0 radical (unpaired) electrons. The van der Waals surface area contributed by atoms with E-state index in [9.17, 15) is 35.4 Å². The van der Waals surface area contributed by atoms with Crippen LogP contribution in [-0.2, 0) is 4.74 Å². The second-order valence-electron chi connectivity index (χ2n) is 7.33. The predicted octanol–water partition coefficient (Wildman–Crippen LogP) is 1.85. The van der Waals surface area contributed by atoms with Crippen molar-refractivity contribution in [2.45, 2.75) is 37.8 Å². The molecule has 4 unspecified atom stereocenters. The number of hydrogen-bond acceptors (Lipinski definition) is 9. The van der Waals surface area contributed by atoms with Crippen LogP contribution in [0.25, 0.3) is 22.3 Å². The first kappa shape index (κ1) is 20.0. The van der Waals surface area contributed by atoms with E-state index < -0.39 is 47.1 Å². The van der Waals surface area contributed by atoms with Crippen LogP contribution in [0.3, 0.4) is 0 Å². The van der Waals surface area contributed by atoms with Crippen molar-refractivity contribution in [3.8, 4) is 34.3 Å². The van der Waals surface area contributed by atoms with Gasteiger partial charge in [-0.15, -0.1) is 0 Å². The van der Waals surface area contributed by atoms with Crippen LogP contribution in [0.5, 0.6) is 23.0 Å². The van der Waals surface area contributed by atoms with Gasteiger partial charge < -0.3 is 39.8 Å². The van der Waals surface area contributed by atoms with E-state index in [4.69, 9.17) is 9.15 Å². The SMILES string of the molecule is CC1OC(c2c(O)cc(O)c3c(=O)cc(-c4ccc(O)c(O)c4)oc23)CC(O)C1O. The summed E-state index contributed by atoms with van der Waals surface area (Å²) in [5.74, 6) is -1.66. The summed E-state index contributed by atoms with van der Waals surface area (Å²) in [6.45, 7) is 1.56. The number of phenolic OH excluding ortho intramolecular Hbond substituents is 4. The first-order chi connectivity index (χ1) is 14.2. The van der Waals surface area contributed by atoms with Crippen molar-refractivity contribution in [1.29, 1.82) is 0 Å². The molecule has 0 bridgehead atoms. The Kier molecular flexibility index (Phi) is 4.81. The molecule has 0 spiro atoms. The Labute approximate surface area is 169 Å². The third kappa shape index (κ3) is 3.22. The van der Waals surface area contributed by atoms with Gasteiger partial charge in [0.25, 0.3) is 0 Å². The molecule has 0 aliphatic carbocycles. The zero-order valence-corrected chi connectivity index (χ0v) is 15.8. The van der Waals surface area contributed by atoms with Gasteiger partial charge in [-0.3, -0.25) is 4.79 Å². The van der Waals surface area contributed by atoms with E-state index in [1.165, 1.54) is 18.2 Å². The van der Waals surface area contributed by atoms with Crippen LogP contribution >= 0.6 is 0 Å². The van der Waals surface area contributed by atoms with Crippen molar-refractivity contribution >= 4 is 11.0 Å². The van der Waals surface area contributed by atoms with Crippen LogP contribution in [0.4, 0.5) is 0 Å². The molecule has 2 aromatic carbocycles. The lowest BCUT2D eigenvalue weighted by atomic mass is 9.92. The number of ether oxygens (including phenoxy) is 1. The maximum atomic E-state index is 12.7. The van der Waals surface area contributed by atoms with Crippen LogP contribution in [0.15, 0.2) is 39.5 Å². The van der Waals surface area contributed by atoms with Gasteiger partial charge in [-0.05, 0) is 25.1 Å². The van der Waals surface area contributed by atoms with E-state index in [1.807, 2.05) is 0 Å². The van der Waals surface area contributed by atoms with Gasteiger partial charge in [0.15, 0.2) is 22.5 Å². The normalized spacial score (nSPS) is 24.2. The number of fused-ring (bicyclic) bond motifs is 1. The predicted molar refractivity (Wildman–Crippen MR) is 104 cm³/mol. The van der Waals surface area contributed by atoms with Gasteiger partial charge in [-0.2, -0.15) is 0 Å². The highest BCUT2D eigenvalue weighted by Gasteiger charge is 2.37. The minimum absolute atomic E-state index is 0.0125. The highest BCUT2D eigenvalue weighted by molar-refractivity contribution is 5.89. The number of hydrogen-bond donors (Lipinski definition) is 6. The fourth-order valence-electron chi connectivity index (χ4n) is 3.70. The molecular weight excluding hydrogens is 396 g/mol. The molecular formula is C21H20O9. The monoisotopic (exact) mass is 416 g/mol. The van der Waals surface area contributed by atoms with Gasteiger partial charge >= 0.3 is 0 Å². The molecule has 1 aliphatic heterocycles. The van der Waals surface area contributed by atoms with Crippen molar-refractivity contribution in [2.75, 3.05) is 0 Å². The topological polar surface area (TPSA) is 161 Å². The Morgan fingerprint density at radius 2 is 1.67 bits per heavy atom. The van der Waals surface area contributed by atoms with Crippen molar-refractivity contribution in [1.82, 2.24) is 0 Å². The largest absolute Gasteiger partial charge is 0.507 e. The zero-order valence-electron chi connectivity index (χ0n) is 15.8. The van der Waals surface area contributed by atoms with Gasteiger partial charge in [0.05, 0.1) is 23.9 Å². The first-order valence-electron chi connectivity index (χ1n) is 9.24. The maximum absolute atomic E-state index is 12.7. The summed E-state index contributed by atoms with van der Waals surface area (Å²) in [5.41, 5.74) is -0.445. The third-order valence-corrected chi connectivity index (χ3v) is 5.29. The van der Waals surface area contributed by atoms with E-state index in [-0.39, 0.29) is 40.0 Å². The number of phenols is 4. The molecule has 6 N–H and O–H groups in total. The molecule has 0 saturated carbocycles. The van der Waals surface area contributed by atoms with E-state index >= 15 is 0 Å². The Balaban J connectivity index is 1.95. The second-order valence-corrected chi connectivity index (χ2v) is 7.33. The molecule has 1 saturated heterocycles. The summed E-state index contributed by atoms with van der Waals surface area (Å²) in [5, 5.41) is 59.8. The Bertz CT molecular complexity index is 1170. The van der Waals surface area contributed by atoms with Crippen molar-refractivity contribution in [2.24, 2.45) is 0 Å². The molecule has 2 heterocycles. The molecule has 0 amide bonds. The van der Waals surface area contributed by atoms with Crippen molar-refractivity contribution in [3.63, 3.8) is 0 Å². The lowest BCUT2D eigenvalue weighted by Gasteiger charge is -2.36. The number of aromatic hydroxyl groups is 4. The van der Waals surface area contributed by atoms with Gasteiger partial charge in [0, 0.05) is 24.1 Å². The summed E-state index contributed by atoms with van der Waals surface area (Å²) >= 11 is 0. The lowest BCUT2D eigenvalue weighted by molar-refractivity contribution is -0.163. The molecule has 3 aromatic rings. The number of aliphatic hydroxyl groups is 2. The van der Waals surface area contributed by atoms with E-state index in [1.54, 1.807) is 6.92 Å². The number of rotatable bonds is 2. The fourth-order valence-corrected chi connectivity index (χ4v) is 3.70. The number of aliphatic hydroxyl groups excluding tert-OH is 2. The Morgan fingerprint density at radius 1 is 0.933 bits per heavy atom. The van der Waals surface area contributed by atoms with Crippen LogP contribution in [-0.4, -0.2) is 49.0 Å². The summed E-state index contributed by atoms with van der Waals surface area (Å²) in [6.07, 6.45) is -4.01. The minimum Gasteiger partial charge on any atom is -0.507 e. The standard InChI is InChI=1S/C21H20O9/c1-8-20(28)15(27)7-17(29-8)19-13(25)5-12(24)18-14(26)6-16(30-21(18)19)9-2-3-10(22)11(23)4-9/h2-6,8,15,17,20,22-25,27-28H,7H2,1H3. The number of benzene rings is 2. The molecule has 4 atom stereocenters. The zero-order chi connectivity index (χ0) is 21.7. The maximum Gasteiger partial charge on any atom is 0.197 e. The molecule has 1 fully saturated rings. The van der Waals surface area contributed by atoms with Gasteiger partial charge in [0.2, 0.25) is 0 Å². The van der Waals surface area contributed by atoms with E-state index in [0.717, 1.165) is 12.1 Å². The van der Waals surface area contributed by atoms with Gasteiger partial charge in [-0.1, -0.05) is 0 Å². The first-order valence-corrected chi connectivity index (χ1v) is 9.24. The molecule has 1 aliphatic rings. The molecule has 9 nitrogen and oxygen atoms in total. The summed E-state index contributed by atoms with van der Waals surface area (Å²) < 4.78 is 11.5. The molecule has 4 rings (SSSR count). The quantitative estimate of drug-likeness (QED) is 0.343. The molecule has 30 heavy (non-hydrogen) atoms. The third-order valence-electron chi connectivity index (χ3n) is 5.29. The highest BCUT2D eigenvalue weighted by atomic mass is 16.5. The summed E-state index contributed by atoms with van der Waals surface area (Å²) in [4.78, 5) is 12.7. The Morgan fingerprint density at radius 3 is 2.33 bits per heavy atom. The van der Waals surface area contributed by atoms with E-state index in [0.29, 0.717) is 0 Å². The fraction of sp³-hybridized carbons (Fsp3) is 0.286. The highest BCUT2D eigenvalue weighted by Crippen LogP contribution is 2.43. The second kappa shape index (κ2) is 7.21. The lowest BCUT2D eigenvalue weighted by Crippen LogP contribution is -2.44. The van der Waals surface area contributed by atoms with Gasteiger partial charge in [0.1, 0.15) is 28.7 Å². The van der Waals surface area contributed by atoms with Crippen molar-refractivity contribution < 1.29 is 39.8 Å². The summed E-state index contributed by atoms with van der Waals surface area (Å²) in [6, 6.07) is 5.94. The molecule has 1 aromatic heterocycles. The van der Waals surface area contributed by atoms with Gasteiger partial charge in [-0.25, -0.2) is 0 Å². The smallest absolute Gasteiger partial charge is 0.197 e. The summed E-state index contributed by atoms with van der Waals surface area (Å²) in [7, 11) is 0. The average Bonchev–Trinajstić information content (AvgIpc) is 2.67. The average molecular weight is 416 g/mol. The Hall–Kier alpha value is -3.27.